The second kappa shape index (κ2) is 5.69. The van der Waals surface area contributed by atoms with Gasteiger partial charge in [0.15, 0.2) is 0 Å². The van der Waals surface area contributed by atoms with Gasteiger partial charge in [-0.1, -0.05) is 11.6 Å². The molecule has 0 saturated carbocycles. The smallest absolute Gasteiger partial charge is 0.241 e. The third kappa shape index (κ3) is 3.29. The molecule has 1 aromatic carbocycles. The van der Waals surface area contributed by atoms with Crippen LogP contribution in [0.25, 0.3) is 0 Å². The van der Waals surface area contributed by atoms with E-state index in [1.165, 1.54) is 17.4 Å². The molecule has 1 aromatic heterocycles. The summed E-state index contributed by atoms with van der Waals surface area (Å²) in [7, 11) is -3.63. The van der Waals surface area contributed by atoms with Crippen molar-refractivity contribution in [1.82, 2.24) is 9.71 Å². The molecule has 0 fully saturated rings. The van der Waals surface area contributed by atoms with E-state index >= 15 is 0 Å². The molecule has 3 N–H and O–H groups in total. The van der Waals surface area contributed by atoms with Crippen LogP contribution < -0.4 is 10.5 Å². The number of nitrogens with two attached hydrogens (primary N) is 1. The van der Waals surface area contributed by atoms with Crippen LogP contribution in [0.1, 0.15) is 15.4 Å². The van der Waals surface area contributed by atoms with Gasteiger partial charge in [0.1, 0.15) is 0 Å². The molecule has 0 aliphatic carbocycles. The van der Waals surface area contributed by atoms with Gasteiger partial charge in [0.25, 0.3) is 0 Å². The first kappa shape index (κ1) is 15.2. The van der Waals surface area contributed by atoms with E-state index in [4.69, 9.17) is 17.3 Å². The minimum Gasteiger partial charge on any atom is -0.397 e. The summed E-state index contributed by atoms with van der Waals surface area (Å²) in [6, 6.07) is 2.92. The number of nitrogens with zero attached hydrogens (tertiary/aromatic N) is 1. The molecule has 2 aromatic rings. The summed E-state index contributed by atoms with van der Waals surface area (Å²) in [6.45, 7) is 3.75. The summed E-state index contributed by atoms with van der Waals surface area (Å²) in [4.78, 5) is 5.07. The van der Waals surface area contributed by atoms with Gasteiger partial charge in [0.05, 0.1) is 20.6 Å². The minimum atomic E-state index is -3.63. The van der Waals surface area contributed by atoms with E-state index in [1.54, 1.807) is 19.2 Å². The maximum atomic E-state index is 12.3. The number of hydrogen-bond acceptors (Lipinski definition) is 5. The van der Waals surface area contributed by atoms with Crippen molar-refractivity contribution in [3.63, 3.8) is 0 Å². The van der Waals surface area contributed by atoms with E-state index < -0.39 is 10.0 Å². The van der Waals surface area contributed by atoms with Gasteiger partial charge >= 0.3 is 0 Å². The molecule has 0 unspecified atom stereocenters. The maximum absolute atomic E-state index is 12.3. The number of thiazole rings is 1. The fourth-order valence-corrected chi connectivity index (χ4v) is 4.00. The summed E-state index contributed by atoms with van der Waals surface area (Å²) in [5.41, 5.74) is 6.46. The zero-order chi connectivity index (χ0) is 14.9. The second-order valence-electron chi connectivity index (χ2n) is 4.31. The number of anilines is 1. The lowest BCUT2D eigenvalue weighted by atomic mass is 10.2. The van der Waals surface area contributed by atoms with E-state index in [2.05, 4.69) is 9.71 Å². The summed E-state index contributed by atoms with van der Waals surface area (Å²) in [6.07, 6.45) is 1.66. The van der Waals surface area contributed by atoms with E-state index in [9.17, 15) is 8.42 Å². The van der Waals surface area contributed by atoms with Gasteiger partial charge in [-0.15, -0.1) is 11.3 Å². The van der Waals surface area contributed by atoms with Gasteiger partial charge in [-0.25, -0.2) is 18.1 Å². The lowest BCUT2D eigenvalue weighted by Crippen LogP contribution is -2.23. The van der Waals surface area contributed by atoms with E-state index in [1.807, 2.05) is 6.92 Å². The summed E-state index contributed by atoms with van der Waals surface area (Å²) < 4.78 is 27.1. The Kier molecular flexibility index (Phi) is 4.33. The van der Waals surface area contributed by atoms with Gasteiger partial charge in [-0.2, -0.15) is 0 Å². The van der Waals surface area contributed by atoms with Crippen molar-refractivity contribution < 1.29 is 8.42 Å². The number of benzene rings is 1. The molecular formula is C12H14ClN3O2S2. The monoisotopic (exact) mass is 331 g/mol. The van der Waals surface area contributed by atoms with Crippen molar-refractivity contribution >= 4 is 38.6 Å². The molecule has 0 bridgehead atoms. The molecule has 108 valence electrons. The summed E-state index contributed by atoms with van der Waals surface area (Å²) in [5, 5.41) is 1.24. The maximum Gasteiger partial charge on any atom is 0.241 e. The van der Waals surface area contributed by atoms with Crippen molar-refractivity contribution in [3.05, 3.63) is 38.8 Å². The molecule has 1 heterocycles. The molecule has 0 amide bonds. The number of rotatable bonds is 4. The van der Waals surface area contributed by atoms with Gasteiger partial charge in [-0.05, 0) is 31.5 Å². The van der Waals surface area contributed by atoms with Crippen molar-refractivity contribution in [2.45, 2.75) is 25.3 Å². The van der Waals surface area contributed by atoms with E-state index in [-0.39, 0.29) is 17.1 Å². The number of aryl methyl sites for hydroxylation is 2. The largest absolute Gasteiger partial charge is 0.397 e. The van der Waals surface area contributed by atoms with Crippen LogP contribution in [-0.4, -0.2) is 13.4 Å². The fraction of sp³-hybridized carbons (Fsp3) is 0.250. The SMILES string of the molecule is Cc1ncc(CNS(=O)(=O)c2cc(N)c(Cl)cc2C)s1. The Labute approximate surface area is 126 Å². The van der Waals surface area contributed by atoms with Gasteiger partial charge < -0.3 is 5.73 Å². The van der Waals surface area contributed by atoms with Crippen LogP contribution in [0.5, 0.6) is 0 Å². The highest BCUT2D eigenvalue weighted by atomic mass is 35.5. The molecule has 8 heteroatoms. The number of aromatic nitrogens is 1. The van der Waals surface area contributed by atoms with Crippen molar-refractivity contribution in [2.24, 2.45) is 0 Å². The first-order chi connectivity index (χ1) is 9.29. The van der Waals surface area contributed by atoms with Crippen molar-refractivity contribution in [1.29, 1.82) is 0 Å². The van der Waals surface area contributed by atoms with Gasteiger partial charge in [0, 0.05) is 17.6 Å². The highest BCUT2D eigenvalue weighted by molar-refractivity contribution is 7.89. The Morgan fingerprint density at radius 1 is 1.40 bits per heavy atom. The number of halogens is 1. The number of nitrogen functional groups attached to an aromatic ring is 1. The lowest BCUT2D eigenvalue weighted by molar-refractivity contribution is 0.581. The molecular weight excluding hydrogens is 318 g/mol. The summed E-state index contributed by atoms with van der Waals surface area (Å²) >= 11 is 7.31. The minimum absolute atomic E-state index is 0.139. The molecule has 0 spiro atoms. The quantitative estimate of drug-likeness (QED) is 0.843. The van der Waals surface area contributed by atoms with Gasteiger partial charge in [0.2, 0.25) is 10.0 Å². The molecule has 0 atom stereocenters. The average Bonchev–Trinajstić information content (AvgIpc) is 2.77. The molecule has 0 aliphatic rings. The standard InChI is InChI=1S/C12H14ClN3O2S2/c1-7-3-10(13)11(14)4-12(7)20(17,18)16-6-9-5-15-8(2)19-9/h3-5,16H,6,14H2,1-2H3. The van der Waals surface area contributed by atoms with Crippen LogP contribution in [0, 0.1) is 13.8 Å². The molecule has 2 rings (SSSR count). The third-order valence-corrected chi connectivity index (χ3v) is 5.47. The van der Waals surface area contributed by atoms with Crippen LogP contribution in [-0.2, 0) is 16.6 Å². The van der Waals surface area contributed by atoms with Crippen LogP contribution >= 0.6 is 22.9 Å². The second-order valence-corrected chi connectivity index (χ2v) is 7.77. The van der Waals surface area contributed by atoms with Crippen molar-refractivity contribution in [3.8, 4) is 0 Å². The zero-order valence-electron chi connectivity index (χ0n) is 11.0. The van der Waals surface area contributed by atoms with Crippen molar-refractivity contribution in [2.75, 3.05) is 5.73 Å². The van der Waals surface area contributed by atoms with E-state index in [0.29, 0.717) is 10.6 Å². The number of nitrogens with one attached hydrogen (secondary N) is 1. The zero-order valence-corrected chi connectivity index (χ0v) is 13.4. The Bertz CT molecular complexity index is 741. The predicted octanol–water partition coefficient (Wildman–Crippen LogP) is 2.47. The molecule has 20 heavy (non-hydrogen) atoms. The number of sulfonamides is 1. The third-order valence-electron chi connectivity index (χ3n) is 2.69. The lowest BCUT2D eigenvalue weighted by Gasteiger charge is -2.10. The van der Waals surface area contributed by atoms with E-state index in [0.717, 1.165) is 9.88 Å². The Balaban J connectivity index is 2.24. The average molecular weight is 332 g/mol. The molecule has 0 radical (unpaired) electrons. The number of hydrogen-bond donors (Lipinski definition) is 2. The fourth-order valence-electron chi connectivity index (χ4n) is 1.69. The first-order valence-corrected chi connectivity index (χ1v) is 8.44. The van der Waals surface area contributed by atoms with Gasteiger partial charge in [-0.3, -0.25) is 0 Å². The molecule has 0 aliphatic heterocycles. The Morgan fingerprint density at radius 3 is 2.70 bits per heavy atom. The van der Waals surface area contributed by atoms with Crippen LogP contribution in [0.15, 0.2) is 23.2 Å². The predicted molar refractivity (Wildman–Crippen MR) is 81.5 cm³/mol. The molecule has 0 saturated heterocycles. The van der Waals surface area contributed by atoms with Crippen LogP contribution in [0.3, 0.4) is 0 Å². The van der Waals surface area contributed by atoms with Crippen LogP contribution in [0.2, 0.25) is 5.02 Å². The van der Waals surface area contributed by atoms with Crippen LogP contribution in [0.4, 0.5) is 5.69 Å². The topological polar surface area (TPSA) is 85.1 Å². The molecule has 5 nitrogen and oxygen atoms in total. The first-order valence-electron chi connectivity index (χ1n) is 5.76. The Morgan fingerprint density at radius 2 is 2.10 bits per heavy atom. The normalized spacial score (nSPS) is 11.8. The highest BCUT2D eigenvalue weighted by Crippen LogP contribution is 2.26. The summed E-state index contributed by atoms with van der Waals surface area (Å²) in [5.74, 6) is 0. The highest BCUT2D eigenvalue weighted by Gasteiger charge is 2.18. The Hall–Kier alpha value is -1.15.